The molecule has 5 heteroatoms. The van der Waals surface area contributed by atoms with Gasteiger partial charge in [-0.15, -0.1) is 0 Å². The Balaban J connectivity index is 1.47. The SMILES string of the molecule is CCc1cccc2c(CC(=O)N[C@H]3CCC[C@@H]3n3ccnc3)c[nH]c12. The molecule has 2 N–H and O–H groups in total. The summed E-state index contributed by atoms with van der Waals surface area (Å²) in [5.74, 6) is 0.0971. The number of benzene rings is 1. The number of rotatable bonds is 5. The van der Waals surface area contributed by atoms with Crippen LogP contribution in [0, 0.1) is 0 Å². The number of fused-ring (bicyclic) bond motifs is 1. The highest BCUT2D eigenvalue weighted by molar-refractivity contribution is 5.90. The van der Waals surface area contributed by atoms with E-state index in [4.69, 9.17) is 0 Å². The molecule has 0 bridgehead atoms. The van der Waals surface area contributed by atoms with E-state index in [-0.39, 0.29) is 11.9 Å². The van der Waals surface area contributed by atoms with Crippen LogP contribution in [0.3, 0.4) is 0 Å². The molecule has 3 aromatic rings. The Morgan fingerprint density at radius 3 is 3.08 bits per heavy atom. The summed E-state index contributed by atoms with van der Waals surface area (Å²) in [6.07, 6.45) is 12.3. The van der Waals surface area contributed by atoms with Crippen molar-refractivity contribution in [3.05, 3.63) is 54.2 Å². The number of nitrogens with zero attached hydrogens (tertiary/aromatic N) is 2. The van der Waals surface area contributed by atoms with Crippen LogP contribution in [0.25, 0.3) is 10.9 Å². The van der Waals surface area contributed by atoms with Crippen LogP contribution < -0.4 is 5.32 Å². The second-order valence-corrected chi connectivity index (χ2v) is 6.87. The Labute approximate surface area is 147 Å². The van der Waals surface area contributed by atoms with E-state index in [2.05, 4.69) is 45.0 Å². The summed E-state index contributed by atoms with van der Waals surface area (Å²) in [5, 5.41) is 4.41. The second-order valence-electron chi connectivity index (χ2n) is 6.87. The maximum Gasteiger partial charge on any atom is 0.224 e. The van der Waals surface area contributed by atoms with Crippen molar-refractivity contribution in [3.8, 4) is 0 Å². The molecule has 1 aromatic carbocycles. The summed E-state index contributed by atoms with van der Waals surface area (Å²) < 4.78 is 2.12. The molecule has 25 heavy (non-hydrogen) atoms. The molecule has 2 atom stereocenters. The number of imidazole rings is 1. The minimum atomic E-state index is 0.0971. The van der Waals surface area contributed by atoms with Gasteiger partial charge in [-0.1, -0.05) is 25.1 Å². The smallest absolute Gasteiger partial charge is 0.224 e. The molecule has 0 saturated heterocycles. The summed E-state index contributed by atoms with van der Waals surface area (Å²) >= 11 is 0. The van der Waals surface area contributed by atoms with Crippen molar-refractivity contribution in [1.82, 2.24) is 19.9 Å². The third-order valence-electron chi connectivity index (χ3n) is 5.35. The Morgan fingerprint density at radius 2 is 2.28 bits per heavy atom. The van der Waals surface area contributed by atoms with Crippen molar-refractivity contribution >= 4 is 16.8 Å². The van der Waals surface area contributed by atoms with Crippen molar-refractivity contribution in [2.75, 3.05) is 0 Å². The van der Waals surface area contributed by atoms with Gasteiger partial charge in [0.05, 0.1) is 18.8 Å². The lowest BCUT2D eigenvalue weighted by atomic mass is 10.0. The van der Waals surface area contributed by atoms with Gasteiger partial charge in [-0.05, 0) is 36.8 Å². The zero-order valence-corrected chi connectivity index (χ0v) is 14.5. The highest BCUT2D eigenvalue weighted by atomic mass is 16.1. The average molecular weight is 336 g/mol. The summed E-state index contributed by atoms with van der Waals surface area (Å²) in [6, 6.07) is 6.82. The molecule has 2 aromatic heterocycles. The van der Waals surface area contributed by atoms with Crippen molar-refractivity contribution in [2.45, 2.75) is 51.1 Å². The van der Waals surface area contributed by atoms with Crippen LogP contribution in [-0.4, -0.2) is 26.5 Å². The fourth-order valence-electron chi connectivity index (χ4n) is 4.08. The first-order chi connectivity index (χ1) is 12.3. The first-order valence-electron chi connectivity index (χ1n) is 9.11. The average Bonchev–Trinajstić information content (AvgIpc) is 3.35. The van der Waals surface area contributed by atoms with Crippen LogP contribution in [0.15, 0.2) is 43.1 Å². The van der Waals surface area contributed by atoms with Gasteiger partial charge >= 0.3 is 0 Å². The fourth-order valence-corrected chi connectivity index (χ4v) is 4.08. The van der Waals surface area contributed by atoms with Gasteiger partial charge in [-0.25, -0.2) is 4.98 Å². The lowest BCUT2D eigenvalue weighted by molar-refractivity contribution is -0.121. The quantitative estimate of drug-likeness (QED) is 0.750. The Kier molecular flexibility index (Phi) is 4.30. The van der Waals surface area contributed by atoms with E-state index in [0.717, 1.165) is 42.1 Å². The topological polar surface area (TPSA) is 62.7 Å². The summed E-state index contributed by atoms with van der Waals surface area (Å²) in [4.78, 5) is 20.1. The fraction of sp³-hybridized carbons (Fsp3) is 0.400. The molecule has 1 fully saturated rings. The maximum absolute atomic E-state index is 12.6. The van der Waals surface area contributed by atoms with Crippen molar-refractivity contribution < 1.29 is 4.79 Å². The Bertz CT molecular complexity index is 865. The molecule has 130 valence electrons. The van der Waals surface area contributed by atoms with E-state index >= 15 is 0 Å². The second kappa shape index (κ2) is 6.75. The molecule has 0 aliphatic heterocycles. The van der Waals surface area contributed by atoms with Crippen molar-refractivity contribution in [2.24, 2.45) is 0 Å². The Hall–Kier alpha value is -2.56. The number of H-pyrrole nitrogens is 1. The number of carbonyl (C=O) groups is 1. The van der Waals surface area contributed by atoms with E-state index in [1.165, 1.54) is 5.56 Å². The van der Waals surface area contributed by atoms with E-state index in [0.29, 0.717) is 12.5 Å². The predicted octanol–water partition coefficient (Wildman–Crippen LogP) is 3.38. The van der Waals surface area contributed by atoms with Gasteiger partial charge < -0.3 is 14.9 Å². The van der Waals surface area contributed by atoms with Gasteiger partial charge in [-0.2, -0.15) is 0 Å². The molecule has 0 unspecified atom stereocenters. The van der Waals surface area contributed by atoms with Gasteiger partial charge in [0.25, 0.3) is 0 Å². The first kappa shape index (κ1) is 15.9. The molecule has 4 rings (SSSR count). The number of aromatic amines is 1. The van der Waals surface area contributed by atoms with Gasteiger partial charge in [0.15, 0.2) is 0 Å². The monoisotopic (exact) mass is 336 g/mol. The maximum atomic E-state index is 12.6. The molecule has 1 saturated carbocycles. The number of nitrogens with one attached hydrogen (secondary N) is 2. The zero-order chi connectivity index (χ0) is 17.2. The lowest BCUT2D eigenvalue weighted by Crippen LogP contribution is -2.38. The normalized spacial score (nSPS) is 20.2. The number of para-hydroxylation sites is 1. The third-order valence-corrected chi connectivity index (χ3v) is 5.35. The highest BCUT2D eigenvalue weighted by Gasteiger charge is 2.29. The van der Waals surface area contributed by atoms with Crippen molar-refractivity contribution in [3.63, 3.8) is 0 Å². The molecule has 1 aliphatic carbocycles. The standard InChI is InChI=1S/C20H24N4O/c1-2-14-5-3-6-16-15(12-22-20(14)16)11-19(25)23-17-7-4-8-18(17)24-10-9-21-13-24/h3,5-6,9-10,12-13,17-18,22H,2,4,7-8,11H2,1H3,(H,23,25)/t17-,18-/m0/s1. The van der Waals surface area contributed by atoms with E-state index in [9.17, 15) is 4.79 Å². The lowest BCUT2D eigenvalue weighted by Gasteiger charge is -2.22. The van der Waals surface area contributed by atoms with E-state index in [1.807, 2.05) is 18.7 Å². The summed E-state index contributed by atoms with van der Waals surface area (Å²) in [5.41, 5.74) is 3.52. The molecule has 5 nitrogen and oxygen atoms in total. The van der Waals surface area contributed by atoms with Crippen LogP contribution in [-0.2, 0) is 17.6 Å². The van der Waals surface area contributed by atoms with Gasteiger partial charge in [0, 0.05) is 35.5 Å². The van der Waals surface area contributed by atoms with Crippen molar-refractivity contribution in [1.29, 1.82) is 0 Å². The predicted molar refractivity (Wildman–Crippen MR) is 98.4 cm³/mol. The Morgan fingerprint density at radius 1 is 1.36 bits per heavy atom. The van der Waals surface area contributed by atoms with Gasteiger partial charge in [0.1, 0.15) is 0 Å². The summed E-state index contributed by atoms with van der Waals surface area (Å²) in [6.45, 7) is 2.15. The number of aromatic nitrogens is 3. The van der Waals surface area contributed by atoms with Crippen LogP contribution >= 0.6 is 0 Å². The molecule has 0 radical (unpaired) electrons. The number of hydrogen-bond acceptors (Lipinski definition) is 2. The molecular formula is C20H24N4O. The first-order valence-corrected chi connectivity index (χ1v) is 9.11. The minimum absolute atomic E-state index is 0.0971. The van der Waals surface area contributed by atoms with Crippen LogP contribution in [0.5, 0.6) is 0 Å². The highest BCUT2D eigenvalue weighted by Crippen LogP contribution is 2.30. The minimum Gasteiger partial charge on any atom is -0.361 e. The number of hydrogen-bond donors (Lipinski definition) is 2. The summed E-state index contributed by atoms with van der Waals surface area (Å²) in [7, 11) is 0. The molecule has 2 heterocycles. The molecular weight excluding hydrogens is 312 g/mol. The molecule has 1 amide bonds. The third kappa shape index (κ3) is 3.06. The van der Waals surface area contributed by atoms with Gasteiger partial charge in [0.2, 0.25) is 5.91 Å². The number of aryl methyl sites for hydroxylation is 1. The largest absolute Gasteiger partial charge is 0.361 e. The van der Waals surface area contributed by atoms with Crippen LogP contribution in [0.2, 0.25) is 0 Å². The van der Waals surface area contributed by atoms with Crippen LogP contribution in [0.1, 0.15) is 43.4 Å². The van der Waals surface area contributed by atoms with E-state index < -0.39 is 0 Å². The number of carbonyl (C=O) groups excluding carboxylic acids is 1. The van der Waals surface area contributed by atoms with Gasteiger partial charge in [-0.3, -0.25) is 4.79 Å². The molecule has 0 spiro atoms. The van der Waals surface area contributed by atoms with Crippen LogP contribution in [0.4, 0.5) is 0 Å². The zero-order valence-electron chi connectivity index (χ0n) is 14.5. The number of amides is 1. The molecule has 1 aliphatic rings. The van der Waals surface area contributed by atoms with E-state index in [1.54, 1.807) is 6.20 Å².